The van der Waals surface area contributed by atoms with Crippen molar-refractivity contribution in [3.8, 4) is 5.75 Å². The van der Waals surface area contributed by atoms with E-state index in [-0.39, 0.29) is 23.6 Å². The zero-order valence-corrected chi connectivity index (χ0v) is 15.4. The lowest BCUT2D eigenvalue weighted by atomic mass is 9.97. The van der Waals surface area contributed by atoms with Crippen LogP contribution in [0.2, 0.25) is 0 Å². The van der Waals surface area contributed by atoms with Crippen LogP contribution in [0.5, 0.6) is 5.75 Å². The average Bonchev–Trinajstić information content (AvgIpc) is 2.74. The Morgan fingerprint density at radius 3 is 2.29 bits per heavy atom. The third-order valence-electron chi connectivity index (χ3n) is 4.40. The lowest BCUT2D eigenvalue weighted by Crippen LogP contribution is -2.16. The van der Waals surface area contributed by atoms with Gasteiger partial charge in [0.2, 0.25) is 0 Å². The normalized spacial score (nSPS) is 11.5. The number of nitrogens with zero attached hydrogens (tertiary/aromatic N) is 1. The number of nitro groups is 1. The molecule has 0 aliphatic carbocycles. The van der Waals surface area contributed by atoms with E-state index in [1.165, 1.54) is 13.2 Å². The second kappa shape index (κ2) is 8.81. The quantitative estimate of drug-likeness (QED) is 0.339. The summed E-state index contributed by atoms with van der Waals surface area (Å²) < 4.78 is 5.08. The Balaban J connectivity index is 1.95. The number of ether oxygens (including phenoxy) is 1. The van der Waals surface area contributed by atoms with Gasteiger partial charge in [-0.1, -0.05) is 54.6 Å². The number of anilines is 1. The molecule has 0 saturated carbocycles. The van der Waals surface area contributed by atoms with E-state index in [2.05, 4.69) is 5.32 Å². The van der Waals surface area contributed by atoms with Crippen molar-refractivity contribution < 1.29 is 14.5 Å². The van der Waals surface area contributed by atoms with E-state index in [9.17, 15) is 14.9 Å². The molecule has 6 heteroatoms. The van der Waals surface area contributed by atoms with E-state index in [1.807, 2.05) is 48.5 Å². The summed E-state index contributed by atoms with van der Waals surface area (Å²) in [6.45, 7) is 0. The highest BCUT2D eigenvalue weighted by Gasteiger charge is 2.22. The van der Waals surface area contributed by atoms with Gasteiger partial charge >= 0.3 is 5.69 Å². The highest BCUT2D eigenvalue weighted by molar-refractivity contribution is 5.96. The van der Waals surface area contributed by atoms with Gasteiger partial charge in [-0.3, -0.25) is 14.9 Å². The van der Waals surface area contributed by atoms with Crippen LogP contribution in [0.4, 0.5) is 11.4 Å². The maximum absolute atomic E-state index is 12.8. The number of ketones is 1. The molecule has 0 bridgehead atoms. The number of hydrogen-bond acceptors (Lipinski definition) is 5. The molecule has 0 aliphatic rings. The van der Waals surface area contributed by atoms with Crippen LogP contribution in [0.3, 0.4) is 0 Å². The summed E-state index contributed by atoms with van der Waals surface area (Å²) in [5.74, 6) is 0.133. The molecule has 0 amide bonds. The van der Waals surface area contributed by atoms with Crippen LogP contribution in [0, 0.1) is 10.1 Å². The number of methoxy groups -OCH3 is 1. The third kappa shape index (κ3) is 4.54. The summed E-state index contributed by atoms with van der Waals surface area (Å²) in [7, 11) is 1.39. The number of carbonyl (C=O) groups is 1. The fraction of sp³-hybridized carbons (Fsp3) is 0.136. The van der Waals surface area contributed by atoms with Crippen LogP contribution in [0.15, 0.2) is 78.9 Å². The number of hydrogen-bond donors (Lipinski definition) is 1. The monoisotopic (exact) mass is 376 g/mol. The Kier molecular flexibility index (Phi) is 6.01. The van der Waals surface area contributed by atoms with Crippen molar-refractivity contribution >= 4 is 17.2 Å². The van der Waals surface area contributed by atoms with Crippen molar-refractivity contribution in [1.29, 1.82) is 0 Å². The van der Waals surface area contributed by atoms with E-state index >= 15 is 0 Å². The fourth-order valence-corrected chi connectivity index (χ4v) is 2.98. The molecule has 1 atom stereocenters. The average molecular weight is 376 g/mol. The summed E-state index contributed by atoms with van der Waals surface area (Å²) in [4.78, 5) is 23.7. The SMILES string of the molecule is COc1ccc(C(CC(=O)c2ccccc2)Nc2ccccc2)cc1[N+](=O)[O-]. The van der Waals surface area contributed by atoms with Crippen LogP contribution >= 0.6 is 0 Å². The lowest BCUT2D eigenvalue weighted by Gasteiger charge is -2.20. The van der Waals surface area contributed by atoms with Gasteiger partial charge in [-0.2, -0.15) is 0 Å². The van der Waals surface area contributed by atoms with Crippen LogP contribution in [0.1, 0.15) is 28.4 Å². The molecule has 0 fully saturated rings. The van der Waals surface area contributed by atoms with Crippen LogP contribution in [-0.4, -0.2) is 17.8 Å². The first-order valence-electron chi connectivity index (χ1n) is 8.80. The molecule has 1 N–H and O–H groups in total. The van der Waals surface area contributed by atoms with Gasteiger partial charge in [-0.05, 0) is 23.8 Å². The maximum Gasteiger partial charge on any atom is 0.311 e. The summed E-state index contributed by atoms with van der Waals surface area (Å²) >= 11 is 0. The van der Waals surface area contributed by atoms with E-state index < -0.39 is 11.0 Å². The van der Waals surface area contributed by atoms with Crippen molar-refractivity contribution in [2.45, 2.75) is 12.5 Å². The molecular weight excluding hydrogens is 356 g/mol. The number of para-hydroxylation sites is 1. The maximum atomic E-state index is 12.8. The topological polar surface area (TPSA) is 81.5 Å². The molecule has 0 aromatic heterocycles. The Morgan fingerprint density at radius 1 is 1.04 bits per heavy atom. The number of Topliss-reactive ketones (excluding diaryl/α,β-unsaturated/α-hetero) is 1. The number of nitrogens with one attached hydrogen (secondary N) is 1. The lowest BCUT2D eigenvalue weighted by molar-refractivity contribution is -0.385. The molecule has 142 valence electrons. The van der Waals surface area contributed by atoms with Crippen molar-refractivity contribution in [3.63, 3.8) is 0 Å². The molecule has 1 unspecified atom stereocenters. The minimum Gasteiger partial charge on any atom is -0.490 e. The Labute approximate surface area is 162 Å². The van der Waals surface area contributed by atoms with E-state index in [0.717, 1.165) is 5.69 Å². The van der Waals surface area contributed by atoms with Gasteiger partial charge in [0.1, 0.15) is 0 Å². The predicted octanol–water partition coefficient (Wildman–Crippen LogP) is 5.03. The van der Waals surface area contributed by atoms with Crippen molar-refractivity contribution in [2.75, 3.05) is 12.4 Å². The first-order valence-corrected chi connectivity index (χ1v) is 8.80. The Morgan fingerprint density at radius 2 is 1.68 bits per heavy atom. The highest BCUT2D eigenvalue weighted by atomic mass is 16.6. The van der Waals surface area contributed by atoms with E-state index in [1.54, 1.807) is 24.3 Å². The summed E-state index contributed by atoms with van der Waals surface area (Å²) in [5.41, 5.74) is 1.94. The van der Waals surface area contributed by atoms with Gasteiger partial charge in [-0.25, -0.2) is 0 Å². The van der Waals surface area contributed by atoms with Gasteiger partial charge in [0.05, 0.1) is 18.1 Å². The summed E-state index contributed by atoms with van der Waals surface area (Å²) in [6.07, 6.45) is 0.155. The van der Waals surface area contributed by atoms with E-state index in [0.29, 0.717) is 11.1 Å². The summed E-state index contributed by atoms with van der Waals surface area (Å²) in [5, 5.41) is 14.7. The van der Waals surface area contributed by atoms with Gasteiger partial charge in [0.25, 0.3) is 0 Å². The number of nitro benzene ring substituents is 1. The molecule has 0 heterocycles. The standard InChI is InChI=1S/C22H20N2O4/c1-28-22-13-12-17(14-20(22)24(26)27)19(23-18-10-6-3-7-11-18)15-21(25)16-8-4-2-5-9-16/h2-14,19,23H,15H2,1H3. The number of rotatable bonds is 8. The van der Waals surface area contributed by atoms with Crippen molar-refractivity contribution in [1.82, 2.24) is 0 Å². The predicted molar refractivity (Wildman–Crippen MR) is 108 cm³/mol. The largest absolute Gasteiger partial charge is 0.490 e. The highest BCUT2D eigenvalue weighted by Crippen LogP contribution is 2.32. The second-order valence-electron chi connectivity index (χ2n) is 6.24. The second-order valence-corrected chi connectivity index (χ2v) is 6.24. The molecular formula is C22H20N2O4. The zero-order chi connectivity index (χ0) is 19.9. The van der Waals surface area contributed by atoms with Gasteiger partial charge in [0, 0.05) is 23.7 Å². The van der Waals surface area contributed by atoms with Crippen molar-refractivity contribution in [3.05, 3.63) is 100 Å². The zero-order valence-electron chi connectivity index (χ0n) is 15.4. The molecule has 28 heavy (non-hydrogen) atoms. The van der Waals surface area contributed by atoms with Gasteiger partial charge in [-0.15, -0.1) is 0 Å². The minimum absolute atomic E-state index is 0.0486. The van der Waals surface area contributed by atoms with Crippen LogP contribution in [0.25, 0.3) is 0 Å². The van der Waals surface area contributed by atoms with Gasteiger partial charge < -0.3 is 10.1 Å². The number of benzene rings is 3. The molecule has 0 radical (unpaired) electrons. The first-order chi connectivity index (χ1) is 13.6. The first kappa shape index (κ1) is 19.1. The fourth-order valence-electron chi connectivity index (χ4n) is 2.98. The molecule has 6 nitrogen and oxygen atoms in total. The third-order valence-corrected chi connectivity index (χ3v) is 4.40. The summed E-state index contributed by atoms with van der Waals surface area (Å²) in [6, 6.07) is 22.8. The van der Waals surface area contributed by atoms with Crippen molar-refractivity contribution in [2.24, 2.45) is 0 Å². The van der Waals surface area contributed by atoms with E-state index in [4.69, 9.17) is 4.74 Å². The molecule has 3 aromatic carbocycles. The molecule has 3 aromatic rings. The molecule has 0 aliphatic heterocycles. The van der Waals surface area contributed by atoms with Gasteiger partial charge in [0.15, 0.2) is 11.5 Å². The van der Waals surface area contributed by atoms with Crippen LogP contribution < -0.4 is 10.1 Å². The smallest absolute Gasteiger partial charge is 0.311 e. The Hall–Kier alpha value is -3.67. The molecule has 0 saturated heterocycles. The Bertz CT molecular complexity index is 959. The minimum atomic E-state index is -0.485. The number of carbonyl (C=O) groups excluding carboxylic acids is 1. The van der Waals surface area contributed by atoms with Crippen LogP contribution in [-0.2, 0) is 0 Å². The molecule has 0 spiro atoms. The molecule has 3 rings (SSSR count).